The SMILES string of the molecule is NC(=NO)C1(C(=O)N2CCCCC2CO)CC1. The van der Waals surface area contributed by atoms with Gasteiger partial charge in [0.25, 0.3) is 0 Å². The molecule has 0 aromatic heterocycles. The lowest BCUT2D eigenvalue weighted by Crippen LogP contribution is -2.51. The van der Waals surface area contributed by atoms with Crippen molar-refractivity contribution in [2.24, 2.45) is 16.3 Å². The molecule has 0 spiro atoms. The molecule has 0 aromatic carbocycles. The van der Waals surface area contributed by atoms with E-state index in [1.165, 1.54) is 0 Å². The maximum atomic E-state index is 12.4. The number of hydrogen-bond donors (Lipinski definition) is 3. The van der Waals surface area contributed by atoms with Gasteiger partial charge in [-0.2, -0.15) is 0 Å². The van der Waals surface area contributed by atoms with Crippen molar-refractivity contribution in [3.05, 3.63) is 0 Å². The van der Waals surface area contributed by atoms with Gasteiger partial charge >= 0.3 is 0 Å². The van der Waals surface area contributed by atoms with E-state index >= 15 is 0 Å². The maximum Gasteiger partial charge on any atom is 0.236 e. The minimum absolute atomic E-state index is 0.00441. The summed E-state index contributed by atoms with van der Waals surface area (Å²) in [4.78, 5) is 14.1. The van der Waals surface area contributed by atoms with Crippen LogP contribution in [0, 0.1) is 5.41 Å². The molecule has 1 aliphatic carbocycles. The Kier molecular flexibility index (Phi) is 3.24. The van der Waals surface area contributed by atoms with E-state index in [0.29, 0.717) is 19.4 Å². The van der Waals surface area contributed by atoms with Crippen molar-refractivity contribution in [3.63, 3.8) is 0 Å². The van der Waals surface area contributed by atoms with Gasteiger partial charge in [-0.15, -0.1) is 0 Å². The summed E-state index contributed by atoms with van der Waals surface area (Å²) in [6.45, 7) is 0.641. The highest BCUT2D eigenvalue weighted by Crippen LogP contribution is 2.48. The quantitative estimate of drug-likeness (QED) is 0.278. The molecule has 0 radical (unpaired) electrons. The molecule has 6 nitrogen and oxygen atoms in total. The summed E-state index contributed by atoms with van der Waals surface area (Å²) in [6, 6.07) is -0.111. The number of nitrogens with two attached hydrogens (primary N) is 1. The van der Waals surface area contributed by atoms with Crippen molar-refractivity contribution in [1.29, 1.82) is 0 Å². The van der Waals surface area contributed by atoms with Crippen LogP contribution in [0.1, 0.15) is 32.1 Å². The Labute approximate surface area is 100 Å². The van der Waals surface area contributed by atoms with E-state index in [9.17, 15) is 9.90 Å². The zero-order valence-electron chi connectivity index (χ0n) is 9.80. The highest BCUT2D eigenvalue weighted by atomic mass is 16.4. The summed E-state index contributed by atoms with van der Waals surface area (Å²) < 4.78 is 0. The number of hydrogen-bond acceptors (Lipinski definition) is 4. The third-order valence-corrected chi connectivity index (χ3v) is 3.86. The number of amides is 1. The van der Waals surface area contributed by atoms with E-state index in [1.54, 1.807) is 4.90 Å². The van der Waals surface area contributed by atoms with Crippen molar-refractivity contribution in [2.45, 2.75) is 38.1 Å². The summed E-state index contributed by atoms with van der Waals surface area (Å²) in [6.07, 6.45) is 4.08. The Balaban J connectivity index is 2.14. The second kappa shape index (κ2) is 4.52. The van der Waals surface area contributed by atoms with Gasteiger partial charge in [0.1, 0.15) is 5.41 Å². The van der Waals surface area contributed by atoms with Crippen molar-refractivity contribution < 1.29 is 15.1 Å². The number of oxime groups is 1. The van der Waals surface area contributed by atoms with Gasteiger partial charge in [0, 0.05) is 6.54 Å². The normalized spacial score (nSPS) is 27.9. The fraction of sp³-hybridized carbons (Fsp3) is 0.818. The van der Waals surface area contributed by atoms with Gasteiger partial charge in [0.15, 0.2) is 5.84 Å². The third-order valence-electron chi connectivity index (χ3n) is 3.86. The Morgan fingerprint density at radius 3 is 2.71 bits per heavy atom. The molecule has 0 bridgehead atoms. The summed E-state index contributed by atoms with van der Waals surface area (Å²) in [5, 5.41) is 21.0. The molecule has 1 heterocycles. The first-order valence-electron chi connectivity index (χ1n) is 6.05. The fourth-order valence-electron chi connectivity index (χ4n) is 2.53. The first kappa shape index (κ1) is 12.2. The van der Waals surface area contributed by atoms with Gasteiger partial charge in [-0.05, 0) is 32.1 Å². The van der Waals surface area contributed by atoms with E-state index < -0.39 is 5.41 Å². The Bertz CT molecular complexity index is 339. The summed E-state index contributed by atoms with van der Waals surface area (Å²) >= 11 is 0. The predicted molar refractivity (Wildman–Crippen MR) is 61.5 cm³/mol. The largest absolute Gasteiger partial charge is 0.409 e. The Morgan fingerprint density at radius 2 is 2.18 bits per heavy atom. The van der Waals surface area contributed by atoms with Crippen molar-refractivity contribution in [2.75, 3.05) is 13.2 Å². The first-order valence-corrected chi connectivity index (χ1v) is 6.05. The second-order valence-corrected chi connectivity index (χ2v) is 4.90. The van der Waals surface area contributed by atoms with Gasteiger partial charge in [-0.1, -0.05) is 5.16 Å². The van der Waals surface area contributed by atoms with Crippen LogP contribution in [-0.4, -0.2) is 46.1 Å². The first-order chi connectivity index (χ1) is 8.15. The van der Waals surface area contributed by atoms with Crippen LogP contribution < -0.4 is 5.73 Å². The summed E-state index contributed by atoms with van der Waals surface area (Å²) in [5.41, 5.74) is 4.81. The van der Waals surface area contributed by atoms with Gasteiger partial charge in [0.05, 0.1) is 12.6 Å². The second-order valence-electron chi connectivity index (χ2n) is 4.90. The number of likely N-dealkylation sites (tertiary alicyclic amines) is 1. The van der Waals surface area contributed by atoms with E-state index in [0.717, 1.165) is 19.3 Å². The van der Waals surface area contributed by atoms with E-state index in [1.807, 2.05) is 0 Å². The van der Waals surface area contributed by atoms with Crippen molar-refractivity contribution in [3.8, 4) is 0 Å². The minimum atomic E-state index is -0.792. The molecule has 2 fully saturated rings. The van der Waals surface area contributed by atoms with Crippen LogP contribution in [0.15, 0.2) is 5.16 Å². The van der Waals surface area contributed by atoms with E-state index in [2.05, 4.69) is 5.16 Å². The molecular formula is C11H19N3O3. The van der Waals surface area contributed by atoms with Crippen molar-refractivity contribution >= 4 is 11.7 Å². The maximum absolute atomic E-state index is 12.4. The lowest BCUT2D eigenvalue weighted by Gasteiger charge is -2.36. The molecular weight excluding hydrogens is 222 g/mol. The van der Waals surface area contributed by atoms with Crippen LogP contribution in [0.25, 0.3) is 0 Å². The van der Waals surface area contributed by atoms with Gasteiger partial charge in [-0.3, -0.25) is 4.79 Å². The zero-order valence-corrected chi connectivity index (χ0v) is 9.80. The molecule has 1 atom stereocenters. The number of rotatable bonds is 3. The number of carbonyl (C=O) groups excluding carboxylic acids is 1. The van der Waals surface area contributed by atoms with Gasteiger partial charge in [0.2, 0.25) is 5.91 Å². The number of aliphatic hydroxyl groups is 1. The van der Waals surface area contributed by atoms with E-state index in [-0.39, 0.29) is 24.4 Å². The summed E-state index contributed by atoms with van der Waals surface area (Å²) in [5.74, 6) is -0.0867. The van der Waals surface area contributed by atoms with Gasteiger partial charge < -0.3 is 20.9 Å². The number of carbonyl (C=O) groups is 1. The molecule has 96 valence electrons. The van der Waals surface area contributed by atoms with Gasteiger partial charge in [-0.25, -0.2) is 0 Å². The molecule has 0 aromatic rings. The average Bonchev–Trinajstić information content (AvgIpc) is 3.18. The van der Waals surface area contributed by atoms with Crippen molar-refractivity contribution in [1.82, 2.24) is 4.90 Å². The van der Waals surface area contributed by atoms with Crippen LogP contribution in [0.2, 0.25) is 0 Å². The Hall–Kier alpha value is -1.30. The molecule has 17 heavy (non-hydrogen) atoms. The van der Waals surface area contributed by atoms with Crippen LogP contribution in [0.4, 0.5) is 0 Å². The molecule has 1 saturated carbocycles. The Morgan fingerprint density at radius 1 is 1.47 bits per heavy atom. The number of aliphatic hydroxyl groups excluding tert-OH is 1. The topological polar surface area (TPSA) is 99.2 Å². The number of amidine groups is 1. The smallest absolute Gasteiger partial charge is 0.236 e. The molecule has 6 heteroatoms. The predicted octanol–water partition coefficient (Wildman–Crippen LogP) is -0.114. The molecule has 1 unspecified atom stereocenters. The monoisotopic (exact) mass is 241 g/mol. The van der Waals surface area contributed by atoms with E-state index in [4.69, 9.17) is 10.9 Å². The molecule has 1 saturated heterocycles. The number of piperidine rings is 1. The molecule has 4 N–H and O–H groups in total. The molecule has 1 amide bonds. The lowest BCUT2D eigenvalue weighted by atomic mass is 9.97. The average molecular weight is 241 g/mol. The summed E-state index contributed by atoms with van der Waals surface area (Å²) in [7, 11) is 0. The highest BCUT2D eigenvalue weighted by molar-refractivity contribution is 6.09. The lowest BCUT2D eigenvalue weighted by molar-refractivity contribution is -0.139. The van der Waals surface area contributed by atoms with Crippen LogP contribution in [0.3, 0.4) is 0 Å². The number of nitrogens with zero attached hydrogens (tertiary/aromatic N) is 2. The molecule has 2 rings (SSSR count). The molecule has 1 aliphatic heterocycles. The molecule has 2 aliphatic rings. The highest BCUT2D eigenvalue weighted by Gasteiger charge is 2.56. The third kappa shape index (κ3) is 1.97. The fourth-order valence-corrected chi connectivity index (χ4v) is 2.53. The van der Waals surface area contributed by atoms with Crippen LogP contribution >= 0.6 is 0 Å². The van der Waals surface area contributed by atoms with Crippen LogP contribution in [0.5, 0.6) is 0 Å². The van der Waals surface area contributed by atoms with Crippen LogP contribution in [-0.2, 0) is 4.79 Å². The zero-order chi connectivity index (χ0) is 12.5. The minimum Gasteiger partial charge on any atom is -0.409 e. The standard InChI is InChI=1S/C11H19N3O3/c12-9(13-17)11(4-5-11)10(16)14-6-2-1-3-8(14)7-15/h8,15,17H,1-7H2,(H2,12,13).